The summed E-state index contributed by atoms with van der Waals surface area (Å²) in [5.41, 5.74) is 0.771. The number of sulfonamides is 1. The number of aromatic carboxylic acids is 1. The van der Waals surface area contributed by atoms with Crippen molar-refractivity contribution in [3.05, 3.63) is 35.4 Å². The van der Waals surface area contributed by atoms with Crippen LogP contribution in [0.3, 0.4) is 0 Å². The second kappa shape index (κ2) is 6.45. The summed E-state index contributed by atoms with van der Waals surface area (Å²) in [6.07, 6.45) is 1.77. The standard InChI is InChI=1S/C14H18N2O5S/c1-22(20,21)15-12-5-6-16(9-12)13(17)8-10-3-2-4-11(7-10)14(18)19/h2-4,7,12,15H,5-6,8-9H2,1H3,(H,18,19). The lowest BCUT2D eigenvalue weighted by Crippen LogP contribution is -2.38. The number of carbonyl (C=O) groups is 2. The molecule has 1 aliphatic heterocycles. The number of rotatable bonds is 5. The average molecular weight is 326 g/mol. The second-order valence-corrected chi connectivity index (χ2v) is 7.18. The van der Waals surface area contributed by atoms with E-state index in [1.54, 1.807) is 17.0 Å². The number of likely N-dealkylation sites (tertiary alicyclic amines) is 1. The van der Waals surface area contributed by atoms with Crippen molar-refractivity contribution < 1.29 is 23.1 Å². The fourth-order valence-corrected chi connectivity index (χ4v) is 3.28. The number of hydrogen-bond donors (Lipinski definition) is 2. The van der Waals surface area contributed by atoms with Crippen LogP contribution >= 0.6 is 0 Å². The molecule has 1 atom stereocenters. The van der Waals surface area contributed by atoms with Crippen molar-refractivity contribution in [3.63, 3.8) is 0 Å². The third-order valence-electron chi connectivity index (χ3n) is 3.45. The molecule has 0 saturated carbocycles. The van der Waals surface area contributed by atoms with E-state index in [0.29, 0.717) is 25.1 Å². The number of carboxylic acid groups (broad SMARTS) is 1. The van der Waals surface area contributed by atoms with Crippen molar-refractivity contribution in [3.8, 4) is 0 Å². The van der Waals surface area contributed by atoms with Crippen LogP contribution in [0, 0.1) is 0 Å². The molecule has 0 aromatic heterocycles. The van der Waals surface area contributed by atoms with Gasteiger partial charge in [0.05, 0.1) is 18.2 Å². The molecule has 1 saturated heterocycles. The monoisotopic (exact) mass is 326 g/mol. The molecule has 1 unspecified atom stereocenters. The van der Waals surface area contributed by atoms with E-state index in [4.69, 9.17) is 5.11 Å². The summed E-state index contributed by atoms with van der Waals surface area (Å²) in [6, 6.07) is 5.99. The highest BCUT2D eigenvalue weighted by Crippen LogP contribution is 2.13. The highest BCUT2D eigenvalue weighted by molar-refractivity contribution is 7.88. The predicted molar refractivity (Wildman–Crippen MR) is 80.1 cm³/mol. The van der Waals surface area contributed by atoms with Crippen LogP contribution in [0.5, 0.6) is 0 Å². The number of nitrogens with zero attached hydrogens (tertiary/aromatic N) is 1. The summed E-state index contributed by atoms with van der Waals surface area (Å²) in [7, 11) is -3.28. The number of amides is 1. The molecule has 1 fully saturated rings. The van der Waals surface area contributed by atoms with Crippen LogP contribution in [0.2, 0.25) is 0 Å². The van der Waals surface area contributed by atoms with Gasteiger partial charge >= 0.3 is 5.97 Å². The van der Waals surface area contributed by atoms with Gasteiger partial charge in [-0.3, -0.25) is 4.79 Å². The Hall–Kier alpha value is -1.93. The van der Waals surface area contributed by atoms with Gasteiger partial charge in [-0.2, -0.15) is 0 Å². The second-order valence-electron chi connectivity index (χ2n) is 5.40. The molecule has 22 heavy (non-hydrogen) atoms. The minimum atomic E-state index is -3.28. The molecule has 1 amide bonds. The molecule has 1 aliphatic rings. The molecule has 1 aromatic carbocycles. The molecule has 120 valence electrons. The maximum atomic E-state index is 12.2. The Balaban J connectivity index is 1.96. The quantitative estimate of drug-likeness (QED) is 0.797. The average Bonchev–Trinajstić information content (AvgIpc) is 2.85. The molecule has 1 aromatic rings. The van der Waals surface area contributed by atoms with Gasteiger partial charge in [-0.15, -0.1) is 0 Å². The van der Waals surface area contributed by atoms with Gasteiger partial charge in [-0.05, 0) is 24.1 Å². The molecule has 7 nitrogen and oxygen atoms in total. The van der Waals surface area contributed by atoms with Crippen LogP contribution in [-0.2, 0) is 21.2 Å². The minimum Gasteiger partial charge on any atom is -0.478 e. The smallest absolute Gasteiger partial charge is 0.335 e. The van der Waals surface area contributed by atoms with E-state index < -0.39 is 16.0 Å². The van der Waals surface area contributed by atoms with E-state index in [9.17, 15) is 18.0 Å². The summed E-state index contributed by atoms with van der Waals surface area (Å²) in [5.74, 6) is -1.17. The Labute approximate surface area is 129 Å². The van der Waals surface area contributed by atoms with Crippen molar-refractivity contribution in [1.29, 1.82) is 0 Å². The van der Waals surface area contributed by atoms with E-state index in [0.717, 1.165) is 6.26 Å². The topological polar surface area (TPSA) is 104 Å². The van der Waals surface area contributed by atoms with Gasteiger partial charge < -0.3 is 10.0 Å². The first-order chi connectivity index (χ1) is 10.2. The molecule has 0 spiro atoms. The Morgan fingerprint density at radius 1 is 1.41 bits per heavy atom. The Morgan fingerprint density at radius 3 is 2.77 bits per heavy atom. The fraction of sp³-hybridized carbons (Fsp3) is 0.429. The Morgan fingerprint density at radius 2 is 2.14 bits per heavy atom. The first kappa shape index (κ1) is 16.4. The SMILES string of the molecule is CS(=O)(=O)NC1CCN(C(=O)Cc2cccc(C(=O)O)c2)C1. The first-order valence-corrected chi connectivity index (χ1v) is 8.71. The molecule has 1 heterocycles. The van der Waals surface area contributed by atoms with E-state index in [2.05, 4.69) is 4.72 Å². The molecular weight excluding hydrogens is 308 g/mol. The van der Waals surface area contributed by atoms with E-state index >= 15 is 0 Å². The van der Waals surface area contributed by atoms with Crippen molar-refractivity contribution in [1.82, 2.24) is 9.62 Å². The number of nitrogens with one attached hydrogen (secondary N) is 1. The molecule has 8 heteroatoms. The van der Waals surface area contributed by atoms with E-state index in [1.807, 2.05) is 0 Å². The maximum Gasteiger partial charge on any atom is 0.335 e. The summed E-state index contributed by atoms with van der Waals surface area (Å²) < 4.78 is 24.9. The number of carbonyl (C=O) groups excluding carboxylic acids is 1. The molecule has 2 N–H and O–H groups in total. The molecule has 2 rings (SSSR count). The lowest BCUT2D eigenvalue weighted by atomic mass is 10.1. The maximum absolute atomic E-state index is 12.2. The van der Waals surface area contributed by atoms with Gasteiger partial charge in [0, 0.05) is 19.1 Å². The van der Waals surface area contributed by atoms with E-state index in [-0.39, 0.29) is 23.9 Å². The third-order valence-corrected chi connectivity index (χ3v) is 4.21. The predicted octanol–water partition coefficient (Wildman–Crippen LogP) is 0.0774. The van der Waals surface area contributed by atoms with Crippen LogP contribution < -0.4 is 4.72 Å². The Kier molecular flexibility index (Phi) is 4.82. The van der Waals surface area contributed by atoms with Crippen LogP contribution in [0.15, 0.2) is 24.3 Å². The van der Waals surface area contributed by atoms with Crippen molar-refractivity contribution in [2.45, 2.75) is 18.9 Å². The van der Waals surface area contributed by atoms with Crippen LogP contribution in [-0.4, -0.2) is 55.7 Å². The largest absolute Gasteiger partial charge is 0.478 e. The molecule has 0 radical (unpaired) electrons. The number of carboxylic acids is 1. The Bertz CT molecular complexity index is 686. The lowest BCUT2D eigenvalue weighted by Gasteiger charge is -2.17. The first-order valence-electron chi connectivity index (χ1n) is 6.82. The third kappa shape index (κ3) is 4.54. The van der Waals surface area contributed by atoms with Gasteiger partial charge in [0.1, 0.15) is 0 Å². The molecule has 0 bridgehead atoms. The highest BCUT2D eigenvalue weighted by Gasteiger charge is 2.27. The van der Waals surface area contributed by atoms with Crippen molar-refractivity contribution >= 4 is 21.9 Å². The van der Waals surface area contributed by atoms with Gasteiger partial charge in [0.15, 0.2) is 0 Å². The van der Waals surface area contributed by atoms with Crippen LogP contribution in [0.1, 0.15) is 22.3 Å². The highest BCUT2D eigenvalue weighted by atomic mass is 32.2. The van der Waals surface area contributed by atoms with Gasteiger partial charge in [0.2, 0.25) is 15.9 Å². The summed E-state index contributed by atoms with van der Waals surface area (Å²) in [4.78, 5) is 24.7. The summed E-state index contributed by atoms with van der Waals surface area (Å²) in [5, 5.41) is 8.94. The van der Waals surface area contributed by atoms with Crippen LogP contribution in [0.25, 0.3) is 0 Å². The fourth-order valence-electron chi connectivity index (χ4n) is 2.49. The zero-order valence-electron chi connectivity index (χ0n) is 12.2. The molecule has 0 aliphatic carbocycles. The number of hydrogen-bond acceptors (Lipinski definition) is 4. The van der Waals surface area contributed by atoms with E-state index in [1.165, 1.54) is 12.1 Å². The van der Waals surface area contributed by atoms with Gasteiger partial charge in [-0.25, -0.2) is 17.9 Å². The summed E-state index contributed by atoms with van der Waals surface area (Å²) >= 11 is 0. The van der Waals surface area contributed by atoms with Crippen LogP contribution in [0.4, 0.5) is 0 Å². The van der Waals surface area contributed by atoms with Crippen molar-refractivity contribution in [2.75, 3.05) is 19.3 Å². The molecular formula is C14H18N2O5S. The normalized spacial score (nSPS) is 18.4. The zero-order chi connectivity index (χ0) is 16.3. The van der Waals surface area contributed by atoms with Crippen molar-refractivity contribution in [2.24, 2.45) is 0 Å². The van der Waals surface area contributed by atoms with Gasteiger partial charge in [0.25, 0.3) is 0 Å². The minimum absolute atomic E-state index is 0.104. The zero-order valence-corrected chi connectivity index (χ0v) is 13.0. The lowest BCUT2D eigenvalue weighted by molar-refractivity contribution is -0.129. The summed E-state index contributed by atoms with van der Waals surface area (Å²) in [6.45, 7) is 0.829. The number of benzene rings is 1. The van der Waals surface area contributed by atoms with Gasteiger partial charge in [-0.1, -0.05) is 12.1 Å².